The molecule has 0 aromatic carbocycles. The second kappa shape index (κ2) is 4.09. The van der Waals surface area contributed by atoms with E-state index >= 15 is 0 Å². The summed E-state index contributed by atoms with van der Waals surface area (Å²) in [6.45, 7) is 5.43. The minimum atomic E-state index is 0.411. The zero-order valence-electron chi connectivity index (χ0n) is 8.90. The number of aromatic nitrogens is 3. The summed E-state index contributed by atoms with van der Waals surface area (Å²) in [5.41, 5.74) is 0. The van der Waals surface area contributed by atoms with Crippen LogP contribution in [0.4, 0.5) is 0 Å². The molecule has 14 heavy (non-hydrogen) atoms. The van der Waals surface area contributed by atoms with Gasteiger partial charge in [-0.05, 0) is 33.2 Å². The van der Waals surface area contributed by atoms with Gasteiger partial charge in [-0.25, -0.2) is 0 Å². The Morgan fingerprint density at radius 2 is 2.36 bits per heavy atom. The zero-order valence-corrected chi connectivity index (χ0v) is 8.90. The van der Waals surface area contributed by atoms with Gasteiger partial charge in [0.15, 0.2) is 0 Å². The molecule has 1 aliphatic heterocycles. The monoisotopic (exact) mass is 194 g/mol. The molecule has 4 nitrogen and oxygen atoms in total. The summed E-state index contributed by atoms with van der Waals surface area (Å²) < 4.78 is 2.16. The molecule has 1 saturated heterocycles. The highest BCUT2D eigenvalue weighted by atomic mass is 15.3. The van der Waals surface area contributed by atoms with Gasteiger partial charge < -0.3 is 9.88 Å². The maximum atomic E-state index is 4.21. The molecule has 1 atom stereocenters. The lowest BCUT2D eigenvalue weighted by Crippen LogP contribution is -2.29. The van der Waals surface area contributed by atoms with Crippen molar-refractivity contribution in [1.29, 1.82) is 0 Å². The second-order valence-corrected chi connectivity index (χ2v) is 4.19. The van der Waals surface area contributed by atoms with Crippen molar-refractivity contribution in [1.82, 2.24) is 20.1 Å². The fraction of sp³-hybridized carbons (Fsp3) is 0.800. The van der Waals surface area contributed by atoms with E-state index in [1.807, 2.05) is 6.33 Å². The van der Waals surface area contributed by atoms with Crippen LogP contribution >= 0.6 is 0 Å². The molecule has 0 aliphatic carbocycles. The lowest BCUT2D eigenvalue weighted by molar-refractivity contribution is 0.377. The molecule has 0 saturated carbocycles. The molecule has 1 fully saturated rings. The average molecular weight is 194 g/mol. The first-order chi connectivity index (χ1) is 6.79. The third kappa shape index (κ3) is 1.80. The van der Waals surface area contributed by atoms with Gasteiger partial charge in [0.05, 0.1) is 6.04 Å². The van der Waals surface area contributed by atoms with Crippen molar-refractivity contribution in [3.63, 3.8) is 0 Å². The van der Waals surface area contributed by atoms with E-state index in [4.69, 9.17) is 0 Å². The minimum absolute atomic E-state index is 0.411. The van der Waals surface area contributed by atoms with Crippen LogP contribution in [0.5, 0.6) is 0 Å². The van der Waals surface area contributed by atoms with Gasteiger partial charge in [0.2, 0.25) is 0 Å². The molecule has 1 aliphatic rings. The van der Waals surface area contributed by atoms with Crippen LogP contribution in [0.2, 0.25) is 0 Å². The van der Waals surface area contributed by atoms with Crippen molar-refractivity contribution >= 4 is 0 Å². The van der Waals surface area contributed by atoms with E-state index in [-0.39, 0.29) is 0 Å². The predicted octanol–water partition coefficient (Wildman–Crippen LogP) is 1.67. The largest absolute Gasteiger partial charge is 0.314 e. The summed E-state index contributed by atoms with van der Waals surface area (Å²) >= 11 is 0. The van der Waals surface area contributed by atoms with Crippen LogP contribution in [0.3, 0.4) is 0 Å². The van der Waals surface area contributed by atoms with Crippen molar-refractivity contribution in [2.75, 3.05) is 6.54 Å². The van der Waals surface area contributed by atoms with Gasteiger partial charge in [0.1, 0.15) is 12.2 Å². The summed E-state index contributed by atoms with van der Waals surface area (Å²) in [5.74, 6) is 1.10. The van der Waals surface area contributed by atoms with E-state index in [0.717, 1.165) is 12.4 Å². The molecule has 0 amide bonds. The maximum Gasteiger partial charge on any atom is 0.150 e. The Morgan fingerprint density at radius 3 is 3.00 bits per heavy atom. The molecule has 0 spiro atoms. The topological polar surface area (TPSA) is 42.7 Å². The normalized spacial score (nSPS) is 22.9. The highest BCUT2D eigenvalue weighted by Gasteiger charge is 2.20. The third-order valence-corrected chi connectivity index (χ3v) is 2.78. The number of nitrogens with zero attached hydrogens (tertiary/aromatic N) is 3. The smallest absolute Gasteiger partial charge is 0.150 e. The van der Waals surface area contributed by atoms with Crippen LogP contribution in [0, 0.1) is 0 Å². The van der Waals surface area contributed by atoms with Gasteiger partial charge >= 0.3 is 0 Å². The summed E-state index contributed by atoms with van der Waals surface area (Å²) in [5, 5.41) is 11.7. The molecule has 1 aromatic heterocycles. The molecule has 0 radical (unpaired) electrons. The Kier molecular flexibility index (Phi) is 2.82. The quantitative estimate of drug-likeness (QED) is 0.778. The third-order valence-electron chi connectivity index (χ3n) is 2.78. The van der Waals surface area contributed by atoms with E-state index in [0.29, 0.717) is 12.1 Å². The van der Waals surface area contributed by atoms with Crippen LogP contribution in [-0.4, -0.2) is 21.3 Å². The minimum Gasteiger partial charge on any atom is -0.314 e. The lowest BCUT2D eigenvalue weighted by atomic mass is 10.0. The van der Waals surface area contributed by atoms with Crippen LogP contribution in [-0.2, 0) is 0 Å². The fourth-order valence-electron chi connectivity index (χ4n) is 1.97. The number of hydrogen-bond donors (Lipinski definition) is 1. The van der Waals surface area contributed by atoms with Crippen molar-refractivity contribution in [3.8, 4) is 0 Å². The van der Waals surface area contributed by atoms with Crippen molar-refractivity contribution < 1.29 is 0 Å². The van der Waals surface area contributed by atoms with Crippen molar-refractivity contribution in [2.45, 2.75) is 45.2 Å². The van der Waals surface area contributed by atoms with Gasteiger partial charge in [-0.3, -0.25) is 0 Å². The molecule has 4 heteroatoms. The van der Waals surface area contributed by atoms with E-state index in [2.05, 4.69) is 33.9 Å². The van der Waals surface area contributed by atoms with Crippen LogP contribution in [0.15, 0.2) is 6.33 Å². The Hall–Kier alpha value is -0.900. The number of piperidine rings is 1. The SMILES string of the molecule is CC(C)n1cnnc1[C@H]1CCCCN1. The summed E-state index contributed by atoms with van der Waals surface area (Å²) in [6.07, 6.45) is 5.59. The van der Waals surface area contributed by atoms with E-state index < -0.39 is 0 Å². The number of hydrogen-bond acceptors (Lipinski definition) is 3. The molecule has 2 rings (SSSR count). The maximum absolute atomic E-state index is 4.21. The molecule has 1 aromatic rings. The van der Waals surface area contributed by atoms with Gasteiger partial charge in [-0.15, -0.1) is 10.2 Å². The Labute approximate surface area is 84.7 Å². The van der Waals surface area contributed by atoms with Crippen molar-refractivity contribution in [3.05, 3.63) is 12.2 Å². The van der Waals surface area contributed by atoms with Gasteiger partial charge in [0, 0.05) is 6.04 Å². The molecule has 0 bridgehead atoms. The fourth-order valence-corrected chi connectivity index (χ4v) is 1.97. The summed E-state index contributed by atoms with van der Waals surface area (Å²) in [6, 6.07) is 0.859. The second-order valence-electron chi connectivity index (χ2n) is 4.19. The van der Waals surface area contributed by atoms with Gasteiger partial charge in [-0.1, -0.05) is 6.42 Å². The van der Waals surface area contributed by atoms with Crippen LogP contribution < -0.4 is 5.32 Å². The molecule has 2 heterocycles. The van der Waals surface area contributed by atoms with Gasteiger partial charge in [-0.2, -0.15) is 0 Å². The number of rotatable bonds is 2. The first-order valence-electron chi connectivity index (χ1n) is 5.42. The van der Waals surface area contributed by atoms with E-state index in [1.165, 1.54) is 19.3 Å². The lowest BCUT2D eigenvalue weighted by Gasteiger charge is -2.24. The zero-order chi connectivity index (χ0) is 9.97. The molecule has 1 N–H and O–H groups in total. The Bertz CT molecular complexity index is 286. The van der Waals surface area contributed by atoms with Gasteiger partial charge in [0.25, 0.3) is 0 Å². The molecule has 78 valence electrons. The number of nitrogens with one attached hydrogen (secondary N) is 1. The molecular formula is C10H18N4. The standard InChI is InChI=1S/C10H18N4/c1-8(2)14-7-12-13-10(14)9-5-3-4-6-11-9/h7-9,11H,3-6H2,1-2H3/t9-/m1/s1. The van der Waals surface area contributed by atoms with Crippen molar-refractivity contribution in [2.24, 2.45) is 0 Å². The summed E-state index contributed by atoms with van der Waals surface area (Å²) in [7, 11) is 0. The highest BCUT2D eigenvalue weighted by molar-refractivity contribution is 4.97. The van der Waals surface area contributed by atoms with E-state index in [1.54, 1.807) is 0 Å². The summed E-state index contributed by atoms with van der Waals surface area (Å²) in [4.78, 5) is 0. The molecular weight excluding hydrogens is 176 g/mol. The van der Waals surface area contributed by atoms with Crippen LogP contribution in [0.25, 0.3) is 0 Å². The predicted molar refractivity (Wildman–Crippen MR) is 55.0 cm³/mol. The average Bonchev–Trinajstić information content (AvgIpc) is 2.67. The highest BCUT2D eigenvalue weighted by Crippen LogP contribution is 2.22. The Morgan fingerprint density at radius 1 is 1.50 bits per heavy atom. The first-order valence-corrected chi connectivity index (χ1v) is 5.42. The first kappa shape index (κ1) is 9.65. The van der Waals surface area contributed by atoms with Crippen LogP contribution in [0.1, 0.15) is 51.0 Å². The molecule has 0 unspecified atom stereocenters. The van der Waals surface area contributed by atoms with E-state index in [9.17, 15) is 0 Å². The Balaban J connectivity index is 2.17.